The summed E-state index contributed by atoms with van der Waals surface area (Å²) in [6.07, 6.45) is -2.52. The van der Waals surface area contributed by atoms with E-state index < -0.39 is 11.7 Å². The van der Waals surface area contributed by atoms with Gasteiger partial charge in [0.1, 0.15) is 5.78 Å². The molecule has 0 N–H and O–H groups in total. The van der Waals surface area contributed by atoms with Gasteiger partial charge >= 0.3 is 6.18 Å². The van der Waals surface area contributed by atoms with Crippen LogP contribution in [0.4, 0.5) is 13.2 Å². The molecule has 0 aliphatic heterocycles. The van der Waals surface area contributed by atoms with Gasteiger partial charge in [0, 0.05) is 12.8 Å². The first-order valence-electron chi connectivity index (χ1n) is 5.15. The Morgan fingerprint density at radius 2 is 1.75 bits per heavy atom. The van der Waals surface area contributed by atoms with Crippen molar-refractivity contribution in [1.82, 2.24) is 0 Å². The van der Waals surface area contributed by atoms with E-state index in [4.69, 9.17) is 0 Å². The summed E-state index contributed by atoms with van der Waals surface area (Å²) >= 11 is 0. The second-order valence-electron chi connectivity index (χ2n) is 4.10. The SMILES string of the molecule is O=C1CC[C@@H](c2ccc(C(F)(F)F)cc2)C1. The third-order valence-electron chi connectivity index (χ3n) is 2.96. The van der Waals surface area contributed by atoms with Gasteiger partial charge in [-0.2, -0.15) is 13.2 Å². The topological polar surface area (TPSA) is 17.1 Å². The van der Waals surface area contributed by atoms with Gasteiger partial charge in [-0.3, -0.25) is 4.79 Å². The van der Waals surface area contributed by atoms with Crippen LogP contribution in [0.2, 0.25) is 0 Å². The van der Waals surface area contributed by atoms with Gasteiger partial charge in [-0.05, 0) is 30.0 Å². The van der Waals surface area contributed by atoms with Crippen LogP contribution in [0.1, 0.15) is 36.3 Å². The Bertz CT molecular complexity index is 392. The maximum Gasteiger partial charge on any atom is 0.416 e. The first kappa shape index (κ1) is 11.2. The average Bonchev–Trinajstić information content (AvgIpc) is 2.64. The molecule has 0 spiro atoms. The van der Waals surface area contributed by atoms with Crippen LogP contribution < -0.4 is 0 Å². The number of hydrogen-bond acceptors (Lipinski definition) is 1. The van der Waals surface area contributed by atoms with Crippen molar-refractivity contribution >= 4 is 5.78 Å². The van der Waals surface area contributed by atoms with Gasteiger partial charge in [-0.1, -0.05) is 12.1 Å². The second-order valence-corrected chi connectivity index (χ2v) is 4.10. The molecule has 1 aliphatic carbocycles. The molecule has 0 aromatic heterocycles. The predicted octanol–water partition coefficient (Wildman–Crippen LogP) is 3.54. The fraction of sp³-hybridized carbons (Fsp3) is 0.417. The number of benzene rings is 1. The lowest BCUT2D eigenvalue weighted by atomic mass is 9.96. The molecule has 0 bridgehead atoms. The molecule has 1 atom stereocenters. The fourth-order valence-corrected chi connectivity index (χ4v) is 2.04. The van der Waals surface area contributed by atoms with Crippen molar-refractivity contribution in [3.8, 4) is 0 Å². The highest BCUT2D eigenvalue weighted by molar-refractivity contribution is 5.81. The van der Waals surface area contributed by atoms with Crippen molar-refractivity contribution in [2.75, 3.05) is 0 Å². The normalized spacial score (nSPS) is 21.4. The van der Waals surface area contributed by atoms with Gasteiger partial charge in [0.05, 0.1) is 5.56 Å². The zero-order chi connectivity index (χ0) is 11.8. The molecule has 16 heavy (non-hydrogen) atoms. The molecule has 0 unspecified atom stereocenters. The minimum Gasteiger partial charge on any atom is -0.300 e. The lowest BCUT2D eigenvalue weighted by Gasteiger charge is -2.11. The lowest BCUT2D eigenvalue weighted by molar-refractivity contribution is -0.137. The maximum atomic E-state index is 12.3. The zero-order valence-corrected chi connectivity index (χ0v) is 8.55. The summed E-state index contributed by atoms with van der Waals surface area (Å²) in [5.41, 5.74) is 0.194. The molecule has 1 nitrogen and oxygen atoms in total. The Hall–Kier alpha value is -1.32. The zero-order valence-electron chi connectivity index (χ0n) is 8.55. The minimum absolute atomic E-state index is 0.106. The number of hydrogen-bond donors (Lipinski definition) is 0. The number of alkyl halides is 3. The van der Waals surface area contributed by atoms with E-state index in [-0.39, 0.29) is 11.7 Å². The van der Waals surface area contributed by atoms with Crippen LogP contribution in [-0.4, -0.2) is 5.78 Å². The summed E-state index contributed by atoms with van der Waals surface area (Å²) in [7, 11) is 0. The summed E-state index contributed by atoms with van der Waals surface area (Å²) in [6, 6.07) is 5.12. The number of Topliss-reactive ketones (excluding diaryl/α,β-unsaturated/α-hetero) is 1. The number of carbonyl (C=O) groups excluding carboxylic acids is 1. The third kappa shape index (κ3) is 2.26. The molecule has 2 rings (SSSR count). The smallest absolute Gasteiger partial charge is 0.300 e. The predicted molar refractivity (Wildman–Crippen MR) is 53.0 cm³/mol. The van der Waals surface area contributed by atoms with E-state index in [0.717, 1.165) is 24.1 Å². The average molecular weight is 228 g/mol. The van der Waals surface area contributed by atoms with Gasteiger partial charge in [-0.15, -0.1) is 0 Å². The Morgan fingerprint density at radius 1 is 1.12 bits per heavy atom. The summed E-state index contributed by atoms with van der Waals surface area (Å²) in [5, 5.41) is 0. The molecule has 1 aliphatic rings. The van der Waals surface area contributed by atoms with Crippen LogP contribution in [0.25, 0.3) is 0 Å². The van der Waals surface area contributed by atoms with Gasteiger partial charge in [0.2, 0.25) is 0 Å². The molecule has 1 aromatic carbocycles. The quantitative estimate of drug-likeness (QED) is 0.718. The van der Waals surface area contributed by atoms with Gasteiger partial charge in [0.15, 0.2) is 0 Å². The minimum atomic E-state index is -4.29. The molecular formula is C12H11F3O. The molecule has 0 heterocycles. The molecule has 1 aromatic rings. The molecule has 0 amide bonds. The highest BCUT2D eigenvalue weighted by atomic mass is 19.4. The number of carbonyl (C=O) groups is 1. The van der Waals surface area contributed by atoms with Crippen molar-refractivity contribution in [3.63, 3.8) is 0 Å². The maximum absolute atomic E-state index is 12.3. The highest BCUT2D eigenvalue weighted by Gasteiger charge is 2.30. The van der Waals surface area contributed by atoms with E-state index in [1.807, 2.05) is 0 Å². The Morgan fingerprint density at radius 3 is 2.19 bits per heavy atom. The van der Waals surface area contributed by atoms with E-state index in [1.54, 1.807) is 0 Å². The molecule has 1 fully saturated rings. The van der Waals surface area contributed by atoms with E-state index in [1.165, 1.54) is 12.1 Å². The second kappa shape index (κ2) is 3.92. The lowest BCUT2D eigenvalue weighted by Crippen LogP contribution is -2.05. The monoisotopic (exact) mass is 228 g/mol. The molecule has 4 heteroatoms. The first-order valence-corrected chi connectivity index (χ1v) is 5.15. The molecule has 1 saturated carbocycles. The number of rotatable bonds is 1. The Labute approximate surface area is 91.3 Å². The number of halogens is 3. The van der Waals surface area contributed by atoms with E-state index in [0.29, 0.717) is 12.8 Å². The summed E-state index contributed by atoms with van der Waals surface area (Å²) < 4.78 is 36.9. The van der Waals surface area contributed by atoms with Crippen LogP contribution in [0.15, 0.2) is 24.3 Å². The largest absolute Gasteiger partial charge is 0.416 e. The van der Waals surface area contributed by atoms with Crippen molar-refractivity contribution < 1.29 is 18.0 Å². The van der Waals surface area contributed by atoms with Crippen LogP contribution in [0.5, 0.6) is 0 Å². The molecule has 86 valence electrons. The Kier molecular flexibility index (Phi) is 2.74. The highest BCUT2D eigenvalue weighted by Crippen LogP contribution is 2.34. The van der Waals surface area contributed by atoms with Crippen molar-refractivity contribution in [1.29, 1.82) is 0 Å². The first-order chi connectivity index (χ1) is 7.47. The van der Waals surface area contributed by atoms with Crippen LogP contribution >= 0.6 is 0 Å². The van der Waals surface area contributed by atoms with Gasteiger partial charge in [0.25, 0.3) is 0 Å². The van der Waals surface area contributed by atoms with E-state index >= 15 is 0 Å². The van der Waals surface area contributed by atoms with Crippen molar-refractivity contribution in [2.45, 2.75) is 31.4 Å². The molecular weight excluding hydrogens is 217 g/mol. The van der Waals surface area contributed by atoms with Crippen LogP contribution in [0.3, 0.4) is 0 Å². The number of ketones is 1. The van der Waals surface area contributed by atoms with E-state index in [2.05, 4.69) is 0 Å². The van der Waals surface area contributed by atoms with Gasteiger partial charge in [-0.25, -0.2) is 0 Å². The Balaban J connectivity index is 2.17. The van der Waals surface area contributed by atoms with E-state index in [9.17, 15) is 18.0 Å². The van der Waals surface area contributed by atoms with Crippen LogP contribution in [-0.2, 0) is 11.0 Å². The molecule has 0 radical (unpaired) electrons. The summed E-state index contributed by atoms with van der Waals surface area (Å²) in [4.78, 5) is 11.1. The molecule has 0 saturated heterocycles. The summed E-state index contributed by atoms with van der Waals surface area (Å²) in [6.45, 7) is 0. The van der Waals surface area contributed by atoms with Crippen molar-refractivity contribution in [2.24, 2.45) is 0 Å². The third-order valence-corrected chi connectivity index (χ3v) is 2.96. The van der Waals surface area contributed by atoms with Crippen molar-refractivity contribution in [3.05, 3.63) is 35.4 Å². The fourth-order valence-electron chi connectivity index (χ4n) is 2.04. The van der Waals surface area contributed by atoms with Crippen LogP contribution in [0, 0.1) is 0 Å². The summed E-state index contributed by atoms with van der Waals surface area (Å²) in [5.74, 6) is 0.305. The van der Waals surface area contributed by atoms with Gasteiger partial charge < -0.3 is 0 Å². The standard InChI is InChI=1S/C12H11F3O/c13-12(14,15)10-4-1-8(2-5-10)9-3-6-11(16)7-9/h1-2,4-5,9H,3,6-7H2/t9-/m1/s1.